The Morgan fingerprint density at radius 3 is 2.38 bits per heavy atom. The molecule has 16 heavy (non-hydrogen) atoms. The maximum Gasteiger partial charge on any atom is 0.364 e. The summed E-state index contributed by atoms with van der Waals surface area (Å²) in [6.45, 7) is 5.61. The third-order valence-electron chi connectivity index (χ3n) is 1.80. The molecule has 0 spiro atoms. The fourth-order valence-electron chi connectivity index (χ4n) is 0.972. The number of hydrogen-bond donors (Lipinski definition) is 0. The van der Waals surface area contributed by atoms with Gasteiger partial charge in [0.25, 0.3) is 0 Å². The van der Waals surface area contributed by atoms with Crippen molar-refractivity contribution in [2.75, 3.05) is 13.2 Å². The maximum absolute atomic E-state index is 11.3. The van der Waals surface area contributed by atoms with Crippen LogP contribution in [0.15, 0.2) is 5.16 Å². The minimum absolute atomic E-state index is 0.209. The normalized spacial score (nSPS) is 11.1. The number of oxime groups is 1. The summed E-state index contributed by atoms with van der Waals surface area (Å²) in [7, 11) is 0. The lowest BCUT2D eigenvalue weighted by atomic mass is 10.3. The predicted molar refractivity (Wildman–Crippen MR) is 60.2 cm³/mol. The Labute approximate surface area is 95.8 Å². The maximum atomic E-state index is 11.3. The van der Waals surface area contributed by atoms with Gasteiger partial charge in [0.1, 0.15) is 6.61 Å². The quantitative estimate of drug-likeness (QED) is 0.209. The smallest absolute Gasteiger partial charge is 0.364 e. The molecular formula is C11H19NO4. The van der Waals surface area contributed by atoms with Crippen molar-refractivity contribution in [2.45, 2.75) is 40.0 Å². The number of hydrogen-bond acceptors (Lipinski definition) is 5. The lowest BCUT2D eigenvalue weighted by Crippen LogP contribution is -2.24. The molecule has 0 rings (SSSR count). The SMILES string of the molecule is CCCCCON=C(C(C)=O)C(=O)OCC. The number of carbonyl (C=O) groups excluding carboxylic acids is 2. The number of Topliss-reactive ketones (excluding diaryl/α,β-unsaturated/α-hetero) is 1. The van der Waals surface area contributed by atoms with Gasteiger partial charge in [-0.05, 0) is 13.3 Å². The molecule has 0 fully saturated rings. The third kappa shape index (κ3) is 6.16. The fraction of sp³-hybridized carbons (Fsp3) is 0.727. The second-order valence-electron chi connectivity index (χ2n) is 3.26. The molecule has 5 heteroatoms. The van der Waals surface area contributed by atoms with E-state index in [0.29, 0.717) is 6.61 Å². The highest BCUT2D eigenvalue weighted by Gasteiger charge is 2.18. The first-order valence-corrected chi connectivity index (χ1v) is 5.51. The molecule has 0 heterocycles. The molecule has 0 N–H and O–H groups in total. The number of rotatable bonds is 8. The van der Waals surface area contributed by atoms with Crippen LogP contribution in [0.5, 0.6) is 0 Å². The van der Waals surface area contributed by atoms with E-state index in [1.807, 2.05) is 0 Å². The Balaban J connectivity index is 4.15. The van der Waals surface area contributed by atoms with Gasteiger partial charge in [-0.15, -0.1) is 0 Å². The Bertz CT molecular complexity index is 261. The van der Waals surface area contributed by atoms with Gasteiger partial charge in [-0.25, -0.2) is 4.79 Å². The van der Waals surface area contributed by atoms with Crippen molar-refractivity contribution >= 4 is 17.5 Å². The van der Waals surface area contributed by atoms with Gasteiger partial charge in [-0.2, -0.15) is 0 Å². The van der Waals surface area contributed by atoms with Crippen molar-refractivity contribution in [3.63, 3.8) is 0 Å². The molecule has 0 unspecified atom stereocenters. The molecule has 0 radical (unpaired) electrons. The molecule has 92 valence electrons. The zero-order valence-electron chi connectivity index (χ0n) is 10.1. The number of unbranched alkanes of at least 4 members (excludes halogenated alkanes) is 2. The molecule has 0 saturated carbocycles. The van der Waals surface area contributed by atoms with Gasteiger partial charge in [0.15, 0.2) is 5.78 Å². The van der Waals surface area contributed by atoms with E-state index in [1.165, 1.54) is 6.92 Å². The Morgan fingerprint density at radius 1 is 1.19 bits per heavy atom. The van der Waals surface area contributed by atoms with Crippen molar-refractivity contribution < 1.29 is 19.2 Å². The Kier molecular flexibility index (Phi) is 8.11. The van der Waals surface area contributed by atoms with Crippen LogP contribution in [-0.4, -0.2) is 30.7 Å². The molecule has 5 nitrogen and oxygen atoms in total. The summed E-state index contributed by atoms with van der Waals surface area (Å²) >= 11 is 0. The Morgan fingerprint density at radius 2 is 1.88 bits per heavy atom. The number of ketones is 1. The topological polar surface area (TPSA) is 65.0 Å². The van der Waals surface area contributed by atoms with E-state index in [0.717, 1.165) is 19.3 Å². The van der Waals surface area contributed by atoms with Crippen LogP contribution in [0.3, 0.4) is 0 Å². The zero-order valence-corrected chi connectivity index (χ0v) is 10.1. The van der Waals surface area contributed by atoms with Crippen LogP contribution < -0.4 is 0 Å². The minimum atomic E-state index is -0.731. The van der Waals surface area contributed by atoms with Crippen molar-refractivity contribution in [1.29, 1.82) is 0 Å². The second-order valence-corrected chi connectivity index (χ2v) is 3.26. The number of esters is 1. The van der Waals surface area contributed by atoms with Crippen LogP contribution in [0.4, 0.5) is 0 Å². The standard InChI is InChI=1S/C11H19NO4/c1-4-6-7-8-16-12-10(9(3)13)11(14)15-5-2/h4-8H2,1-3H3. The number of carbonyl (C=O) groups is 2. The summed E-state index contributed by atoms with van der Waals surface area (Å²) in [4.78, 5) is 27.2. The molecular weight excluding hydrogens is 210 g/mol. The summed E-state index contributed by atoms with van der Waals surface area (Å²) < 4.78 is 4.67. The van der Waals surface area contributed by atoms with Gasteiger partial charge >= 0.3 is 5.97 Å². The van der Waals surface area contributed by atoms with E-state index >= 15 is 0 Å². The average Bonchev–Trinajstić information content (AvgIpc) is 2.23. The van der Waals surface area contributed by atoms with Crippen LogP contribution >= 0.6 is 0 Å². The van der Waals surface area contributed by atoms with E-state index in [-0.39, 0.29) is 12.3 Å². The van der Waals surface area contributed by atoms with E-state index in [4.69, 9.17) is 4.84 Å². The molecule has 0 aliphatic rings. The van der Waals surface area contributed by atoms with Crippen molar-refractivity contribution in [3.05, 3.63) is 0 Å². The first-order valence-electron chi connectivity index (χ1n) is 5.51. The van der Waals surface area contributed by atoms with Crippen LogP contribution in [-0.2, 0) is 19.2 Å². The molecule has 0 aliphatic heterocycles. The van der Waals surface area contributed by atoms with E-state index < -0.39 is 11.8 Å². The van der Waals surface area contributed by atoms with Crippen LogP contribution in [0.25, 0.3) is 0 Å². The zero-order chi connectivity index (χ0) is 12.4. The summed E-state index contributed by atoms with van der Waals surface area (Å²) in [5.74, 6) is -1.18. The van der Waals surface area contributed by atoms with E-state index in [9.17, 15) is 9.59 Å². The molecule has 0 saturated heterocycles. The predicted octanol–water partition coefficient (Wildman–Crippen LogP) is 1.70. The van der Waals surface area contributed by atoms with Crippen LogP contribution in [0.1, 0.15) is 40.0 Å². The lowest BCUT2D eigenvalue weighted by molar-refractivity contribution is -0.136. The lowest BCUT2D eigenvalue weighted by Gasteiger charge is -2.03. The highest BCUT2D eigenvalue weighted by atomic mass is 16.6. The van der Waals surface area contributed by atoms with Gasteiger partial charge in [-0.3, -0.25) is 4.79 Å². The van der Waals surface area contributed by atoms with E-state index in [1.54, 1.807) is 6.92 Å². The first-order chi connectivity index (χ1) is 7.63. The monoisotopic (exact) mass is 229 g/mol. The number of nitrogens with zero attached hydrogens (tertiary/aromatic N) is 1. The van der Waals surface area contributed by atoms with Gasteiger partial charge in [0.05, 0.1) is 6.61 Å². The third-order valence-corrected chi connectivity index (χ3v) is 1.80. The van der Waals surface area contributed by atoms with Gasteiger partial charge in [0.2, 0.25) is 5.71 Å². The van der Waals surface area contributed by atoms with Crippen molar-refractivity contribution in [3.8, 4) is 0 Å². The molecule has 0 amide bonds. The molecule has 0 aromatic heterocycles. The molecule has 0 bridgehead atoms. The van der Waals surface area contributed by atoms with Crippen LogP contribution in [0.2, 0.25) is 0 Å². The molecule has 0 atom stereocenters. The fourth-order valence-corrected chi connectivity index (χ4v) is 0.972. The summed E-state index contributed by atoms with van der Waals surface area (Å²) in [5, 5.41) is 3.51. The van der Waals surface area contributed by atoms with Gasteiger partial charge in [-0.1, -0.05) is 24.9 Å². The van der Waals surface area contributed by atoms with Crippen molar-refractivity contribution in [1.82, 2.24) is 0 Å². The minimum Gasteiger partial charge on any atom is -0.461 e. The highest BCUT2D eigenvalue weighted by Crippen LogP contribution is 1.96. The molecule has 0 aromatic rings. The average molecular weight is 229 g/mol. The summed E-state index contributed by atoms with van der Waals surface area (Å²) in [5.41, 5.74) is -0.279. The molecule has 0 aromatic carbocycles. The highest BCUT2D eigenvalue weighted by molar-refractivity contribution is 6.63. The summed E-state index contributed by atoms with van der Waals surface area (Å²) in [6.07, 6.45) is 2.96. The largest absolute Gasteiger partial charge is 0.461 e. The second kappa shape index (κ2) is 8.88. The van der Waals surface area contributed by atoms with Crippen LogP contribution in [0, 0.1) is 0 Å². The number of ether oxygens (including phenoxy) is 1. The summed E-state index contributed by atoms with van der Waals surface area (Å²) in [6, 6.07) is 0. The van der Waals surface area contributed by atoms with Gasteiger partial charge in [0, 0.05) is 6.92 Å². The van der Waals surface area contributed by atoms with E-state index in [2.05, 4.69) is 16.8 Å². The molecule has 0 aliphatic carbocycles. The van der Waals surface area contributed by atoms with Crippen molar-refractivity contribution in [2.24, 2.45) is 5.16 Å². The van der Waals surface area contributed by atoms with Gasteiger partial charge < -0.3 is 9.57 Å². The Hall–Kier alpha value is -1.39. The first kappa shape index (κ1) is 14.6.